The van der Waals surface area contributed by atoms with E-state index in [0.717, 1.165) is 6.20 Å². The minimum absolute atomic E-state index is 0.0979. The molecular formula is C9H11N7O3. The number of rotatable bonds is 6. The van der Waals surface area contributed by atoms with Crippen molar-refractivity contribution < 1.29 is 9.45 Å². The van der Waals surface area contributed by atoms with Crippen molar-refractivity contribution >= 4 is 17.5 Å². The molecule has 0 aliphatic rings. The summed E-state index contributed by atoms with van der Waals surface area (Å²) in [6.07, 6.45) is 2.32. The normalized spacial score (nSPS) is 10.2. The van der Waals surface area contributed by atoms with Gasteiger partial charge in [-0.05, 0) is 6.92 Å². The Morgan fingerprint density at radius 2 is 2.26 bits per heavy atom. The molecular weight excluding hydrogens is 254 g/mol. The second-order valence-electron chi connectivity index (χ2n) is 3.42. The molecule has 0 atom stereocenters. The van der Waals surface area contributed by atoms with Crippen molar-refractivity contribution in [3.63, 3.8) is 0 Å². The van der Waals surface area contributed by atoms with Gasteiger partial charge in [-0.1, -0.05) is 5.16 Å². The van der Waals surface area contributed by atoms with Crippen molar-refractivity contribution in [3.8, 4) is 0 Å². The fraction of sp³-hybridized carbons (Fsp3) is 0.333. The standard InChI is InChI=1S/C9H11N7O3/c1-2-10-9-12-3-6(16(17)18)8(14-9)11-4-7-13-5-19-15-7/h3,5H,2,4H2,1H3,(H2,10,11,12,14). The summed E-state index contributed by atoms with van der Waals surface area (Å²) >= 11 is 0. The highest BCUT2D eigenvalue weighted by atomic mass is 16.6. The fourth-order valence-electron chi connectivity index (χ4n) is 1.32. The number of aromatic nitrogens is 4. The second-order valence-corrected chi connectivity index (χ2v) is 3.42. The van der Waals surface area contributed by atoms with Crippen LogP contribution in [0.2, 0.25) is 0 Å². The van der Waals surface area contributed by atoms with Crippen LogP contribution in [0.1, 0.15) is 12.7 Å². The van der Waals surface area contributed by atoms with Gasteiger partial charge in [0.05, 0.1) is 11.5 Å². The van der Waals surface area contributed by atoms with Crippen LogP contribution >= 0.6 is 0 Å². The zero-order chi connectivity index (χ0) is 13.7. The fourth-order valence-corrected chi connectivity index (χ4v) is 1.32. The number of anilines is 2. The molecule has 0 aliphatic carbocycles. The SMILES string of the molecule is CCNc1ncc([N+](=O)[O-])c(NCc2ncon2)n1. The quantitative estimate of drug-likeness (QED) is 0.575. The van der Waals surface area contributed by atoms with Crippen molar-refractivity contribution in [2.45, 2.75) is 13.5 Å². The summed E-state index contributed by atoms with van der Waals surface area (Å²) in [4.78, 5) is 22.0. The third-order valence-electron chi connectivity index (χ3n) is 2.12. The number of nitrogens with one attached hydrogen (secondary N) is 2. The first-order valence-electron chi connectivity index (χ1n) is 5.45. The van der Waals surface area contributed by atoms with Gasteiger partial charge < -0.3 is 15.2 Å². The summed E-state index contributed by atoms with van der Waals surface area (Å²) in [5.74, 6) is 0.780. The van der Waals surface area contributed by atoms with E-state index in [0.29, 0.717) is 18.3 Å². The maximum atomic E-state index is 10.9. The molecule has 0 spiro atoms. The Hall–Kier alpha value is -2.78. The molecule has 0 saturated carbocycles. The molecule has 0 aromatic carbocycles. The number of nitro groups is 1. The van der Waals surface area contributed by atoms with Gasteiger partial charge in [0, 0.05) is 6.54 Å². The van der Waals surface area contributed by atoms with Crippen molar-refractivity contribution in [3.05, 3.63) is 28.5 Å². The summed E-state index contributed by atoms with van der Waals surface area (Å²) < 4.78 is 4.56. The lowest BCUT2D eigenvalue weighted by Crippen LogP contribution is -2.09. The first-order valence-corrected chi connectivity index (χ1v) is 5.45. The molecule has 100 valence electrons. The molecule has 2 aromatic rings. The lowest BCUT2D eigenvalue weighted by molar-refractivity contribution is -0.384. The van der Waals surface area contributed by atoms with E-state index < -0.39 is 4.92 Å². The molecule has 2 rings (SSSR count). The van der Waals surface area contributed by atoms with Gasteiger partial charge in [-0.3, -0.25) is 10.1 Å². The Morgan fingerprint density at radius 3 is 2.89 bits per heavy atom. The second kappa shape index (κ2) is 5.71. The first kappa shape index (κ1) is 12.7. The average molecular weight is 265 g/mol. The van der Waals surface area contributed by atoms with Crippen molar-refractivity contribution in [1.82, 2.24) is 20.1 Å². The Bertz CT molecular complexity index is 557. The van der Waals surface area contributed by atoms with Gasteiger partial charge in [0.1, 0.15) is 6.20 Å². The van der Waals surface area contributed by atoms with Crippen LogP contribution < -0.4 is 10.6 Å². The molecule has 0 bridgehead atoms. The minimum atomic E-state index is -0.561. The van der Waals surface area contributed by atoms with Gasteiger partial charge in [0.15, 0.2) is 5.82 Å². The predicted molar refractivity (Wildman–Crippen MR) is 64.5 cm³/mol. The molecule has 19 heavy (non-hydrogen) atoms. The highest BCUT2D eigenvalue weighted by Crippen LogP contribution is 2.22. The number of hydrogen-bond donors (Lipinski definition) is 2. The van der Waals surface area contributed by atoms with Gasteiger partial charge in [-0.2, -0.15) is 9.97 Å². The molecule has 2 heterocycles. The Kier molecular flexibility index (Phi) is 3.81. The maximum Gasteiger partial charge on any atom is 0.329 e. The molecule has 0 saturated heterocycles. The van der Waals surface area contributed by atoms with E-state index in [9.17, 15) is 10.1 Å². The maximum absolute atomic E-state index is 10.9. The molecule has 2 aromatic heterocycles. The highest BCUT2D eigenvalue weighted by Gasteiger charge is 2.17. The molecule has 2 N–H and O–H groups in total. The zero-order valence-corrected chi connectivity index (χ0v) is 10.0. The lowest BCUT2D eigenvalue weighted by Gasteiger charge is -2.06. The summed E-state index contributed by atoms with van der Waals surface area (Å²) in [7, 11) is 0. The summed E-state index contributed by atoms with van der Waals surface area (Å²) in [5, 5.41) is 20.1. The van der Waals surface area contributed by atoms with Crippen LogP contribution in [0, 0.1) is 10.1 Å². The molecule has 0 amide bonds. The van der Waals surface area contributed by atoms with E-state index in [1.165, 1.54) is 6.39 Å². The number of hydrogen-bond acceptors (Lipinski definition) is 9. The topological polar surface area (TPSA) is 132 Å². The number of nitrogens with zero attached hydrogens (tertiary/aromatic N) is 5. The van der Waals surface area contributed by atoms with Gasteiger partial charge in [-0.15, -0.1) is 0 Å². The van der Waals surface area contributed by atoms with Crippen LogP contribution in [0.4, 0.5) is 17.5 Å². The smallest absolute Gasteiger partial charge is 0.329 e. The van der Waals surface area contributed by atoms with Gasteiger partial charge in [0.25, 0.3) is 0 Å². The monoisotopic (exact) mass is 265 g/mol. The zero-order valence-electron chi connectivity index (χ0n) is 10.0. The molecule has 10 nitrogen and oxygen atoms in total. The first-order chi connectivity index (χ1) is 9.20. The van der Waals surface area contributed by atoms with Gasteiger partial charge in [-0.25, -0.2) is 4.98 Å². The highest BCUT2D eigenvalue weighted by molar-refractivity contribution is 5.56. The van der Waals surface area contributed by atoms with Crippen LogP contribution in [-0.4, -0.2) is 31.6 Å². The summed E-state index contributed by atoms with van der Waals surface area (Å²) in [5.41, 5.74) is -0.217. The summed E-state index contributed by atoms with van der Waals surface area (Å²) in [6.45, 7) is 2.65. The Morgan fingerprint density at radius 1 is 1.42 bits per heavy atom. The van der Waals surface area contributed by atoms with Gasteiger partial charge >= 0.3 is 5.69 Å². The van der Waals surface area contributed by atoms with E-state index >= 15 is 0 Å². The third-order valence-corrected chi connectivity index (χ3v) is 2.12. The van der Waals surface area contributed by atoms with Crippen molar-refractivity contribution in [2.24, 2.45) is 0 Å². The Labute approximate surface area is 107 Å². The molecule has 0 unspecified atom stereocenters. The third kappa shape index (κ3) is 3.12. The predicted octanol–water partition coefficient (Wildman–Crippen LogP) is 0.812. The molecule has 0 aliphatic heterocycles. The van der Waals surface area contributed by atoms with Crippen molar-refractivity contribution in [1.29, 1.82) is 0 Å². The average Bonchev–Trinajstić information content (AvgIpc) is 2.89. The van der Waals surface area contributed by atoms with Crippen molar-refractivity contribution in [2.75, 3.05) is 17.2 Å². The lowest BCUT2D eigenvalue weighted by atomic mass is 10.4. The van der Waals surface area contributed by atoms with E-state index in [-0.39, 0.29) is 18.1 Å². The van der Waals surface area contributed by atoms with Crippen LogP contribution in [0.3, 0.4) is 0 Å². The Balaban J connectivity index is 2.19. The van der Waals surface area contributed by atoms with E-state index in [1.54, 1.807) is 0 Å². The molecule has 0 radical (unpaired) electrons. The van der Waals surface area contributed by atoms with E-state index in [2.05, 4.69) is 35.3 Å². The summed E-state index contributed by atoms with van der Waals surface area (Å²) in [6, 6.07) is 0. The largest absolute Gasteiger partial charge is 0.357 e. The van der Waals surface area contributed by atoms with Gasteiger partial charge in [0.2, 0.25) is 18.2 Å². The van der Waals surface area contributed by atoms with Crippen LogP contribution in [0.25, 0.3) is 0 Å². The van der Waals surface area contributed by atoms with E-state index in [1.807, 2.05) is 6.92 Å². The molecule has 10 heteroatoms. The molecule has 0 fully saturated rings. The van der Waals surface area contributed by atoms with Crippen LogP contribution in [0.5, 0.6) is 0 Å². The van der Waals surface area contributed by atoms with E-state index in [4.69, 9.17) is 0 Å². The van der Waals surface area contributed by atoms with Crippen LogP contribution in [-0.2, 0) is 6.54 Å². The van der Waals surface area contributed by atoms with Crippen LogP contribution in [0.15, 0.2) is 17.1 Å². The minimum Gasteiger partial charge on any atom is -0.357 e.